The second-order valence-corrected chi connectivity index (χ2v) is 4.21. The van der Waals surface area contributed by atoms with Crippen molar-refractivity contribution in [2.75, 3.05) is 26.9 Å². The van der Waals surface area contributed by atoms with E-state index in [1.165, 1.54) is 0 Å². The summed E-state index contributed by atoms with van der Waals surface area (Å²) in [4.78, 5) is 4.24. The van der Waals surface area contributed by atoms with Gasteiger partial charge in [-0.3, -0.25) is 4.98 Å². The van der Waals surface area contributed by atoms with Crippen molar-refractivity contribution in [3.8, 4) is 5.75 Å². The number of hydrogen-bond donors (Lipinski definition) is 1. The lowest BCUT2D eigenvalue weighted by atomic mass is 10.1. The molecule has 2 heterocycles. The summed E-state index contributed by atoms with van der Waals surface area (Å²) >= 11 is 0. The fourth-order valence-corrected chi connectivity index (χ4v) is 2.06. The Morgan fingerprint density at radius 3 is 2.94 bits per heavy atom. The molecule has 0 amide bonds. The molecule has 1 saturated heterocycles. The Bertz CT molecular complexity index is 366. The van der Waals surface area contributed by atoms with Crippen molar-refractivity contribution in [2.45, 2.75) is 25.0 Å². The molecule has 0 aliphatic carbocycles. The summed E-state index contributed by atoms with van der Waals surface area (Å²) in [5, 5.41) is 9.48. The van der Waals surface area contributed by atoms with Gasteiger partial charge in [-0.25, -0.2) is 0 Å². The van der Waals surface area contributed by atoms with Gasteiger partial charge in [0.05, 0.1) is 19.8 Å². The van der Waals surface area contributed by atoms with E-state index in [9.17, 15) is 5.11 Å². The monoisotopic (exact) mass is 253 g/mol. The summed E-state index contributed by atoms with van der Waals surface area (Å²) in [5.41, 5.74) is 0.647. The minimum Gasteiger partial charge on any atom is -0.495 e. The van der Waals surface area contributed by atoms with Crippen LogP contribution in [0.3, 0.4) is 0 Å². The molecule has 18 heavy (non-hydrogen) atoms. The van der Waals surface area contributed by atoms with Crippen LogP contribution in [0.4, 0.5) is 0 Å². The maximum atomic E-state index is 9.48. The van der Waals surface area contributed by atoms with Crippen LogP contribution in [0, 0.1) is 0 Å². The lowest BCUT2D eigenvalue weighted by Crippen LogP contribution is -2.27. The van der Waals surface area contributed by atoms with E-state index < -0.39 is 6.10 Å². The Balaban J connectivity index is 2.07. The van der Waals surface area contributed by atoms with E-state index in [0.717, 1.165) is 12.8 Å². The summed E-state index contributed by atoms with van der Waals surface area (Å²) in [6, 6.07) is 3.61. The molecule has 1 aliphatic heterocycles. The number of aliphatic hydroxyl groups is 1. The zero-order valence-corrected chi connectivity index (χ0v) is 10.5. The Morgan fingerprint density at radius 1 is 1.50 bits per heavy atom. The first-order valence-corrected chi connectivity index (χ1v) is 6.18. The van der Waals surface area contributed by atoms with E-state index in [1.807, 2.05) is 6.07 Å². The number of pyridine rings is 1. The molecular weight excluding hydrogens is 234 g/mol. The lowest BCUT2D eigenvalue weighted by Gasteiger charge is -2.27. The van der Waals surface area contributed by atoms with Crippen molar-refractivity contribution in [3.63, 3.8) is 0 Å². The Hall–Kier alpha value is -1.17. The van der Waals surface area contributed by atoms with Gasteiger partial charge in [0.15, 0.2) is 0 Å². The zero-order chi connectivity index (χ0) is 12.8. The smallest absolute Gasteiger partial charge is 0.143 e. The second-order valence-electron chi connectivity index (χ2n) is 4.21. The molecule has 0 bridgehead atoms. The van der Waals surface area contributed by atoms with Gasteiger partial charge in [-0.2, -0.15) is 0 Å². The van der Waals surface area contributed by atoms with Crippen LogP contribution >= 0.6 is 0 Å². The second kappa shape index (κ2) is 6.68. The zero-order valence-electron chi connectivity index (χ0n) is 10.5. The van der Waals surface area contributed by atoms with Gasteiger partial charge in [0.2, 0.25) is 0 Å². The highest BCUT2D eigenvalue weighted by molar-refractivity contribution is 5.28. The van der Waals surface area contributed by atoms with Crippen LogP contribution in [0.5, 0.6) is 5.75 Å². The van der Waals surface area contributed by atoms with Crippen molar-refractivity contribution in [1.82, 2.24) is 4.98 Å². The van der Waals surface area contributed by atoms with E-state index >= 15 is 0 Å². The molecule has 1 aromatic heterocycles. The number of aliphatic hydroxyl groups excluding tert-OH is 1. The van der Waals surface area contributed by atoms with E-state index in [4.69, 9.17) is 14.2 Å². The number of methoxy groups -OCH3 is 1. The lowest BCUT2D eigenvalue weighted by molar-refractivity contribution is -0.0868. The summed E-state index contributed by atoms with van der Waals surface area (Å²) in [6.07, 6.45) is 3.05. The number of ether oxygens (including phenoxy) is 3. The number of nitrogens with zero attached hydrogens (tertiary/aromatic N) is 1. The maximum absolute atomic E-state index is 9.48. The van der Waals surface area contributed by atoms with Crippen LogP contribution in [-0.4, -0.2) is 43.1 Å². The van der Waals surface area contributed by atoms with Gasteiger partial charge in [-0.15, -0.1) is 0 Å². The van der Waals surface area contributed by atoms with Crippen molar-refractivity contribution >= 4 is 0 Å². The SMILES string of the molecule is COc1cccnc1C(CO)OC1CCOCC1. The van der Waals surface area contributed by atoms with Crippen molar-refractivity contribution in [1.29, 1.82) is 0 Å². The van der Waals surface area contributed by atoms with E-state index in [-0.39, 0.29) is 12.7 Å². The molecule has 100 valence electrons. The minimum atomic E-state index is -0.441. The normalized spacial score (nSPS) is 18.6. The van der Waals surface area contributed by atoms with Crippen molar-refractivity contribution in [2.24, 2.45) is 0 Å². The van der Waals surface area contributed by atoms with Gasteiger partial charge in [0.25, 0.3) is 0 Å². The first kappa shape index (κ1) is 13.3. The molecule has 1 fully saturated rings. The highest BCUT2D eigenvalue weighted by atomic mass is 16.5. The first-order valence-electron chi connectivity index (χ1n) is 6.18. The predicted octanol–water partition coefficient (Wildman–Crippen LogP) is 1.32. The van der Waals surface area contributed by atoms with Gasteiger partial charge >= 0.3 is 0 Å². The molecule has 1 atom stereocenters. The standard InChI is InChI=1S/C13H19NO4/c1-16-11-3-2-6-14-13(11)12(9-15)18-10-4-7-17-8-5-10/h2-3,6,10,12,15H,4-5,7-9H2,1H3. The number of aromatic nitrogens is 1. The minimum absolute atomic E-state index is 0.106. The molecule has 5 heteroatoms. The third-order valence-electron chi connectivity index (χ3n) is 3.02. The maximum Gasteiger partial charge on any atom is 0.143 e. The molecule has 1 N–H and O–H groups in total. The third kappa shape index (κ3) is 3.19. The van der Waals surface area contributed by atoms with E-state index in [1.54, 1.807) is 19.4 Å². The fourth-order valence-electron chi connectivity index (χ4n) is 2.06. The predicted molar refractivity (Wildman–Crippen MR) is 65.5 cm³/mol. The average molecular weight is 253 g/mol. The molecule has 0 saturated carbocycles. The molecule has 0 radical (unpaired) electrons. The van der Waals surface area contributed by atoms with Crippen LogP contribution in [-0.2, 0) is 9.47 Å². The highest BCUT2D eigenvalue weighted by Gasteiger charge is 2.23. The average Bonchev–Trinajstić information content (AvgIpc) is 2.46. The van der Waals surface area contributed by atoms with Crippen LogP contribution in [0.25, 0.3) is 0 Å². The Labute approximate surface area is 107 Å². The van der Waals surface area contributed by atoms with Crippen LogP contribution in [0.15, 0.2) is 18.3 Å². The topological polar surface area (TPSA) is 60.8 Å². The van der Waals surface area contributed by atoms with E-state index in [2.05, 4.69) is 4.98 Å². The molecule has 0 spiro atoms. The van der Waals surface area contributed by atoms with Crippen LogP contribution < -0.4 is 4.74 Å². The molecule has 1 aliphatic rings. The van der Waals surface area contributed by atoms with Gasteiger partial charge in [0, 0.05) is 19.4 Å². The summed E-state index contributed by atoms with van der Waals surface area (Å²) in [7, 11) is 1.59. The van der Waals surface area contributed by atoms with Gasteiger partial charge in [-0.1, -0.05) is 0 Å². The quantitative estimate of drug-likeness (QED) is 0.857. The Kier molecular flexibility index (Phi) is 4.92. The summed E-state index contributed by atoms with van der Waals surface area (Å²) in [5.74, 6) is 0.642. The van der Waals surface area contributed by atoms with Gasteiger partial charge in [-0.05, 0) is 25.0 Å². The molecule has 5 nitrogen and oxygen atoms in total. The fraction of sp³-hybridized carbons (Fsp3) is 0.615. The van der Waals surface area contributed by atoms with Gasteiger partial charge in [0.1, 0.15) is 17.5 Å². The summed E-state index contributed by atoms with van der Waals surface area (Å²) < 4.78 is 16.4. The first-order chi connectivity index (χ1) is 8.85. The third-order valence-corrected chi connectivity index (χ3v) is 3.02. The summed E-state index contributed by atoms with van der Waals surface area (Å²) in [6.45, 7) is 1.31. The largest absolute Gasteiger partial charge is 0.495 e. The van der Waals surface area contributed by atoms with Crippen LogP contribution in [0.1, 0.15) is 24.6 Å². The van der Waals surface area contributed by atoms with Gasteiger partial charge < -0.3 is 19.3 Å². The van der Waals surface area contributed by atoms with Crippen molar-refractivity contribution < 1.29 is 19.3 Å². The molecule has 2 rings (SSSR count). The number of hydrogen-bond acceptors (Lipinski definition) is 5. The highest BCUT2D eigenvalue weighted by Crippen LogP contribution is 2.27. The molecule has 1 aromatic rings. The molecule has 0 aromatic carbocycles. The van der Waals surface area contributed by atoms with Crippen molar-refractivity contribution in [3.05, 3.63) is 24.0 Å². The van der Waals surface area contributed by atoms with Crippen LogP contribution in [0.2, 0.25) is 0 Å². The Morgan fingerprint density at radius 2 is 2.28 bits per heavy atom. The van der Waals surface area contributed by atoms with E-state index in [0.29, 0.717) is 24.7 Å². The molecule has 1 unspecified atom stereocenters. The molecular formula is C13H19NO4. The number of rotatable bonds is 5.